The normalized spacial score (nSPS) is 11.9. The van der Waals surface area contributed by atoms with Crippen molar-refractivity contribution in [2.75, 3.05) is 11.1 Å². The van der Waals surface area contributed by atoms with E-state index < -0.39 is 17.7 Å². The van der Waals surface area contributed by atoms with E-state index in [0.717, 1.165) is 17.7 Å². The van der Waals surface area contributed by atoms with Crippen LogP contribution in [0.2, 0.25) is 5.02 Å². The monoisotopic (exact) mass is 466 g/mol. The Labute approximate surface area is 188 Å². The van der Waals surface area contributed by atoms with E-state index in [1.165, 1.54) is 17.8 Å². The van der Waals surface area contributed by atoms with Crippen molar-refractivity contribution in [2.45, 2.75) is 38.6 Å². The number of amides is 1. The van der Waals surface area contributed by atoms with E-state index in [0.29, 0.717) is 28.2 Å². The second-order valence-corrected chi connectivity index (χ2v) is 8.09. The molecular weight excluding hydrogens is 446 g/mol. The summed E-state index contributed by atoms with van der Waals surface area (Å²) in [5.74, 6) is -1.17. The Kier molecular flexibility index (Phi) is 7.50. The zero-order valence-corrected chi connectivity index (χ0v) is 18.7. The van der Waals surface area contributed by atoms with Crippen molar-refractivity contribution >= 4 is 35.0 Å². The van der Waals surface area contributed by atoms with Gasteiger partial charge in [-0.25, -0.2) is 8.78 Å². The average Bonchev–Trinajstić information content (AvgIpc) is 3.14. The van der Waals surface area contributed by atoms with Gasteiger partial charge in [-0.1, -0.05) is 29.4 Å². The largest absolute Gasteiger partial charge is 0.480 e. The lowest BCUT2D eigenvalue weighted by molar-refractivity contribution is -0.113. The summed E-state index contributed by atoms with van der Waals surface area (Å²) in [6.07, 6.45) is -0.635. The molecule has 0 aliphatic carbocycles. The predicted molar refractivity (Wildman–Crippen MR) is 117 cm³/mol. The fourth-order valence-electron chi connectivity index (χ4n) is 2.86. The summed E-state index contributed by atoms with van der Waals surface area (Å²) in [6, 6.07) is 8.39. The lowest BCUT2D eigenvalue weighted by Gasteiger charge is -2.16. The number of thioether (sulfide) groups is 1. The fourth-order valence-corrected chi connectivity index (χ4v) is 3.85. The molecule has 31 heavy (non-hydrogen) atoms. The first kappa shape index (κ1) is 23.0. The van der Waals surface area contributed by atoms with Crippen LogP contribution in [0.3, 0.4) is 0 Å². The molecule has 0 bridgehead atoms. The number of ether oxygens (including phenoxy) is 1. The van der Waals surface area contributed by atoms with Crippen LogP contribution in [0.5, 0.6) is 5.75 Å². The van der Waals surface area contributed by atoms with Gasteiger partial charge in [-0.3, -0.25) is 4.79 Å². The number of carbonyl (C=O) groups is 1. The Morgan fingerprint density at radius 2 is 2.03 bits per heavy atom. The number of carbonyl (C=O) groups excluding carboxylic acids is 1. The van der Waals surface area contributed by atoms with Crippen molar-refractivity contribution in [3.8, 4) is 5.75 Å². The van der Waals surface area contributed by atoms with Crippen molar-refractivity contribution in [1.82, 2.24) is 14.8 Å². The molecule has 1 amide bonds. The number of anilines is 1. The van der Waals surface area contributed by atoms with Crippen LogP contribution in [0.1, 0.15) is 31.3 Å². The van der Waals surface area contributed by atoms with Gasteiger partial charge in [0.25, 0.3) is 0 Å². The number of benzene rings is 2. The maximum absolute atomic E-state index is 13.9. The molecule has 0 spiro atoms. The number of aromatic nitrogens is 3. The Morgan fingerprint density at radius 3 is 2.74 bits per heavy atom. The molecule has 1 N–H and O–H groups in total. The molecule has 1 aromatic heterocycles. The number of hydrogen-bond donors (Lipinski definition) is 1. The molecule has 1 heterocycles. The zero-order valence-electron chi connectivity index (χ0n) is 17.2. The number of nitrogens with one attached hydrogen (secondary N) is 1. The minimum Gasteiger partial charge on any atom is -0.480 e. The van der Waals surface area contributed by atoms with Gasteiger partial charge in [0.2, 0.25) is 5.91 Å². The van der Waals surface area contributed by atoms with Gasteiger partial charge in [0, 0.05) is 23.3 Å². The van der Waals surface area contributed by atoms with Gasteiger partial charge in [-0.15, -0.1) is 10.2 Å². The molecule has 164 valence electrons. The number of halogens is 3. The van der Waals surface area contributed by atoms with Gasteiger partial charge in [-0.2, -0.15) is 0 Å². The van der Waals surface area contributed by atoms with Gasteiger partial charge in [0.15, 0.2) is 28.7 Å². The predicted octanol–water partition coefficient (Wildman–Crippen LogP) is 5.41. The molecule has 0 aliphatic rings. The van der Waals surface area contributed by atoms with Gasteiger partial charge in [-0.05, 0) is 50.6 Å². The van der Waals surface area contributed by atoms with Crippen LogP contribution in [0.15, 0.2) is 41.6 Å². The van der Waals surface area contributed by atoms with Crippen molar-refractivity contribution in [3.63, 3.8) is 0 Å². The van der Waals surface area contributed by atoms with Crippen LogP contribution in [-0.4, -0.2) is 26.4 Å². The lowest BCUT2D eigenvalue weighted by atomic mass is 10.2. The molecule has 0 saturated carbocycles. The standard InChI is InChI=1S/C21H21ClF2N4O2S/c1-4-28-20(13(3)30-18-8-7-15(23)10-16(18)24)26-27-21(28)31-11-19(29)25-17-9-14(22)6-5-12(17)2/h5-10,13H,4,11H2,1-3H3,(H,25,29). The highest BCUT2D eigenvalue weighted by Crippen LogP contribution is 2.27. The molecular formula is C21H21ClF2N4O2S. The first-order valence-electron chi connectivity index (χ1n) is 9.52. The molecule has 10 heteroatoms. The molecule has 0 aliphatic heterocycles. The Morgan fingerprint density at radius 1 is 1.26 bits per heavy atom. The van der Waals surface area contributed by atoms with Crippen molar-refractivity contribution in [2.24, 2.45) is 0 Å². The molecule has 3 rings (SSSR count). The molecule has 0 radical (unpaired) electrons. The molecule has 1 atom stereocenters. The number of nitrogens with zero attached hydrogens (tertiary/aromatic N) is 3. The molecule has 0 fully saturated rings. The van der Waals surface area contributed by atoms with E-state index in [9.17, 15) is 13.6 Å². The Hall–Kier alpha value is -2.65. The van der Waals surface area contributed by atoms with Crippen LogP contribution in [0, 0.1) is 18.6 Å². The van der Waals surface area contributed by atoms with Gasteiger partial charge < -0.3 is 14.6 Å². The van der Waals surface area contributed by atoms with E-state index in [4.69, 9.17) is 16.3 Å². The minimum atomic E-state index is -0.794. The highest BCUT2D eigenvalue weighted by molar-refractivity contribution is 7.99. The summed E-state index contributed by atoms with van der Waals surface area (Å²) < 4.78 is 34.4. The fraction of sp³-hybridized carbons (Fsp3) is 0.286. The van der Waals surface area contributed by atoms with E-state index >= 15 is 0 Å². The first-order valence-corrected chi connectivity index (χ1v) is 10.9. The molecule has 3 aromatic rings. The lowest BCUT2D eigenvalue weighted by Crippen LogP contribution is -2.16. The first-order chi connectivity index (χ1) is 14.8. The molecule has 6 nitrogen and oxygen atoms in total. The third-order valence-corrected chi connectivity index (χ3v) is 5.63. The number of aryl methyl sites for hydroxylation is 1. The van der Waals surface area contributed by atoms with Gasteiger partial charge in [0.05, 0.1) is 5.75 Å². The summed E-state index contributed by atoms with van der Waals surface area (Å²) >= 11 is 7.21. The van der Waals surface area contributed by atoms with E-state index in [-0.39, 0.29) is 17.4 Å². The van der Waals surface area contributed by atoms with Gasteiger partial charge >= 0.3 is 0 Å². The highest BCUT2D eigenvalue weighted by atomic mass is 35.5. The second kappa shape index (κ2) is 10.1. The summed E-state index contributed by atoms with van der Waals surface area (Å²) in [5.41, 5.74) is 1.56. The highest BCUT2D eigenvalue weighted by Gasteiger charge is 2.21. The average molecular weight is 467 g/mol. The van der Waals surface area contributed by atoms with E-state index in [1.54, 1.807) is 23.6 Å². The third-order valence-electron chi connectivity index (χ3n) is 4.43. The summed E-state index contributed by atoms with van der Waals surface area (Å²) in [4.78, 5) is 12.4. The summed E-state index contributed by atoms with van der Waals surface area (Å²) in [7, 11) is 0. The quantitative estimate of drug-likeness (QED) is 0.449. The topological polar surface area (TPSA) is 69.0 Å². The van der Waals surface area contributed by atoms with Crippen LogP contribution in [-0.2, 0) is 11.3 Å². The Balaban J connectivity index is 1.66. The minimum absolute atomic E-state index is 0.0787. The van der Waals surface area contributed by atoms with Crippen molar-refractivity contribution < 1.29 is 18.3 Å². The van der Waals surface area contributed by atoms with Crippen molar-refractivity contribution in [3.05, 3.63) is 64.4 Å². The number of rotatable bonds is 8. The van der Waals surface area contributed by atoms with Gasteiger partial charge in [0.1, 0.15) is 5.82 Å². The third kappa shape index (κ3) is 5.74. The zero-order chi connectivity index (χ0) is 22.5. The van der Waals surface area contributed by atoms with E-state index in [2.05, 4.69) is 15.5 Å². The maximum Gasteiger partial charge on any atom is 0.234 e. The Bertz CT molecular complexity index is 1090. The van der Waals surface area contributed by atoms with Crippen molar-refractivity contribution in [1.29, 1.82) is 0 Å². The summed E-state index contributed by atoms with van der Waals surface area (Å²) in [5, 5.41) is 12.2. The molecule has 2 aromatic carbocycles. The SMILES string of the molecule is CCn1c(SCC(=O)Nc2cc(Cl)ccc2C)nnc1C(C)Oc1ccc(F)cc1F. The molecule has 0 saturated heterocycles. The number of hydrogen-bond acceptors (Lipinski definition) is 5. The van der Waals surface area contributed by atoms with Crippen LogP contribution < -0.4 is 10.1 Å². The summed E-state index contributed by atoms with van der Waals surface area (Å²) in [6.45, 7) is 6.00. The van der Waals surface area contributed by atoms with Crippen LogP contribution in [0.25, 0.3) is 0 Å². The maximum atomic E-state index is 13.9. The van der Waals surface area contributed by atoms with E-state index in [1.807, 2.05) is 19.9 Å². The molecule has 1 unspecified atom stereocenters. The van der Waals surface area contributed by atoms with Crippen LogP contribution in [0.4, 0.5) is 14.5 Å². The van der Waals surface area contributed by atoms with Crippen LogP contribution >= 0.6 is 23.4 Å². The smallest absolute Gasteiger partial charge is 0.234 e. The second-order valence-electron chi connectivity index (χ2n) is 6.72.